The lowest BCUT2D eigenvalue weighted by Gasteiger charge is -1.97. The summed E-state index contributed by atoms with van der Waals surface area (Å²) < 4.78 is 5.86. The molecule has 1 aromatic heterocycles. The molecule has 0 spiro atoms. The molecule has 0 aliphatic heterocycles. The molecule has 2 rings (SSSR count). The fourth-order valence-electron chi connectivity index (χ4n) is 1.29. The summed E-state index contributed by atoms with van der Waals surface area (Å²) in [4.78, 5) is 0. The first-order valence-electron chi connectivity index (χ1n) is 4.51. The van der Waals surface area contributed by atoms with E-state index in [9.17, 15) is 0 Å². The molecule has 1 aromatic carbocycles. The maximum Gasteiger partial charge on any atom is 0.168 e. The Bertz CT molecular complexity index is 419. The van der Waals surface area contributed by atoms with E-state index in [0.29, 0.717) is 0 Å². The summed E-state index contributed by atoms with van der Waals surface area (Å²) in [5.74, 6) is 0.791. The van der Waals surface area contributed by atoms with Gasteiger partial charge in [0.15, 0.2) is 5.76 Å². The topological polar surface area (TPSA) is 26.0 Å². The van der Waals surface area contributed by atoms with Crippen LogP contribution in [-0.2, 0) is 6.42 Å². The third kappa shape index (κ3) is 1.87. The van der Waals surface area contributed by atoms with E-state index in [0.717, 1.165) is 22.3 Å². The summed E-state index contributed by atoms with van der Waals surface area (Å²) in [5.41, 5.74) is 2.38. The van der Waals surface area contributed by atoms with Crippen molar-refractivity contribution >= 4 is 15.9 Å². The Balaban J connectivity index is 2.33. The third-order valence-electron chi connectivity index (χ3n) is 2.13. The van der Waals surface area contributed by atoms with E-state index in [1.165, 1.54) is 5.56 Å². The van der Waals surface area contributed by atoms with Gasteiger partial charge in [-0.1, -0.05) is 36.3 Å². The van der Waals surface area contributed by atoms with Gasteiger partial charge in [0.1, 0.15) is 4.60 Å². The molecule has 0 aliphatic rings. The van der Waals surface area contributed by atoms with Crippen molar-refractivity contribution in [2.75, 3.05) is 0 Å². The molecule has 0 N–H and O–H groups in total. The summed E-state index contributed by atoms with van der Waals surface area (Å²) in [6, 6.07) is 10.2. The highest BCUT2D eigenvalue weighted by atomic mass is 79.9. The van der Waals surface area contributed by atoms with E-state index in [1.807, 2.05) is 18.2 Å². The second-order valence-electron chi connectivity index (χ2n) is 3.06. The fourth-order valence-corrected chi connectivity index (χ4v) is 1.57. The van der Waals surface area contributed by atoms with Gasteiger partial charge in [-0.05, 0) is 27.9 Å². The monoisotopic (exact) mass is 251 g/mol. The molecule has 0 radical (unpaired) electrons. The highest BCUT2D eigenvalue weighted by molar-refractivity contribution is 9.10. The molecule has 2 aromatic rings. The Labute approximate surface area is 91.1 Å². The number of benzene rings is 1. The normalized spacial score (nSPS) is 10.4. The first-order valence-corrected chi connectivity index (χ1v) is 5.30. The summed E-state index contributed by atoms with van der Waals surface area (Å²) in [5, 5.41) is 3.78. The number of hydrogen-bond acceptors (Lipinski definition) is 2. The minimum absolute atomic E-state index is 0.729. The van der Waals surface area contributed by atoms with E-state index < -0.39 is 0 Å². The minimum Gasteiger partial charge on any atom is -0.355 e. The fraction of sp³-hybridized carbons (Fsp3) is 0.182. The van der Waals surface area contributed by atoms with Gasteiger partial charge in [-0.3, -0.25) is 0 Å². The lowest BCUT2D eigenvalue weighted by molar-refractivity contribution is 0.428. The van der Waals surface area contributed by atoms with Crippen molar-refractivity contribution in [2.45, 2.75) is 13.3 Å². The number of hydrogen-bond donors (Lipinski definition) is 0. The molecular formula is C11H10BrNO. The molecule has 0 amide bonds. The van der Waals surface area contributed by atoms with Gasteiger partial charge < -0.3 is 4.52 Å². The molecule has 0 bridgehead atoms. The van der Waals surface area contributed by atoms with E-state index in [1.54, 1.807) is 0 Å². The van der Waals surface area contributed by atoms with Crippen LogP contribution in [0.1, 0.15) is 12.5 Å². The van der Waals surface area contributed by atoms with Crippen molar-refractivity contribution in [3.8, 4) is 11.3 Å². The van der Waals surface area contributed by atoms with Gasteiger partial charge in [-0.15, -0.1) is 0 Å². The predicted octanol–water partition coefficient (Wildman–Crippen LogP) is 3.67. The van der Waals surface area contributed by atoms with Gasteiger partial charge in [0.2, 0.25) is 0 Å². The van der Waals surface area contributed by atoms with Gasteiger partial charge in [0, 0.05) is 11.6 Å². The van der Waals surface area contributed by atoms with Crippen LogP contribution < -0.4 is 0 Å². The van der Waals surface area contributed by atoms with E-state index in [2.05, 4.69) is 40.1 Å². The first-order chi connectivity index (χ1) is 6.79. The van der Waals surface area contributed by atoms with Crippen molar-refractivity contribution in [1.29, 1.82) is 0 Å². The Morgan fingerprint density at radius 1 is 1.29 bits per heavy atom. The van der Waals surface area contributed by atoms with Crippen LogP contribution in [0.3, 0.4) is 0 Å². The number of halogens is 1. The van der Waals surface area contributed by atoms with Crippen molar-refractivity contribution in [3.63, 3.8) is 0 Å². The highest BCUT2D eigenvalue weighted by Gasteiger charge is 2.03. The highest BCUT2D eigenvalue weighted by Crippen LogP contribution is 2.22. The Hall–Kier alpha value is -1.09. The largest absolute Gasteiger partial charge is 0.355 e. The molecule has 3 heteroatoms. The average Bonchev–Trinajstić information content (AvgIpc) is 2.65. The molecule has 0 fully saturated rings. The van der Waals surface area contributed by atoms with Gasteiger partial charge >= 0.3 is 0 Å². The molecule has 1 heterocycles. The number of aromatic nitrogens is 1. The second kappa shape index (κ2) is 3.96. The van der Waals surface area contributed by atoms with Crippen molar-refractivity contribution in [2.24, 2.45) is 0 Å². The van der Waals surface area contributed by atoms with Crippen LogP contribution in [0.2, 0.25) is 0 Å². The van der Waals surface area contributed by atoms with Crippen LogP contribution in [-0.4, -0.2) is 5.16 Å². The van der Waals surface area contributed by atoms with E-state index in [-0.39, 0.29) is 0 Å². The number of nitrogens with zero attached hydrogens (tertiary/aromatic N) is 1. The van der Waals surface area contributed by atoms with Crippen LogP contribution in [0.25, 0.3) is 11.3 Å². The zero-order chi connectivity index (χ0) is 9.97. The molecule has 2 nitrogen and oxygen atoms in total. The predicted molar refractivity (Wildman–Crippen MR) is 59.0 cm³/mol. The van der Waals surface area contributed by atoms with E-state index >= 15 is 0 Å². The molecule has 72 valence electrons. The maximum absolute atomic E-state index is 5.13. The molecule has 0 unspecified atom stereocenters. The smallest absolute Gasteiger partial charge is 0.168 e. The summed E-state index contributed by atoms with van der Waals surface area (Å²) in [6.07, 6.45) is 1.06. The second-order valence-corrected chi connectivity index (χ2v) is 3.88. The molecular weight excluding hydrogens is 242 g/mol. The Kier molecular flexibility index (Phi) is 2.68. The lowest BCUT2D eigenvalue weighted by atomic mass is 10.1. The van der Waals surface area contributed by atoms with Crippen molar-refractivity contribution in [1.82, 2.24) is 5.16 Å². The van der Waals surface area contributed by atoms with Gasteiger partial charge in [-0.25, -0.2) is 0 Å². The molecule has 0 saturated carbocycles. The van der Waals surface area contributed by atoms with Crippen molar-refractivity contribution in [3.05, 3.63) is 40.5 Å². The SMILES string of the molecule is CCc1ccc(-c2cc(Br)no2)cc1. The van der Waals surface area contributed by atoms with Gasteiger partial charge in [0.05, 0.1) is 0 Å². The molecule has 0 aliphatic carbocycles. The van der Waals surface area contributed by atoms with Crippen LogP contribution in [0.5, 0.6) is 0 Å². The van der Waals surface area contributed by atoms with Crippen molar-refractivity contribution < 1.29 is 4.52 Å². The zero-order valence-corrected chi connectivity index (χ0v) is 9.41. The summed E-state index contributed by atoms with van der Waals surface area (Å²) in [6.45, 7) is 2.14. The van der Waals surface area contributed by atoms with Gasteiger partial charge in [0.25, 0.3) is 0 Å². The van der Waals surface area contributed by atoms with Crippen LogP contribution in [0.4, 0.5) is 0 Å². The van der Waals surface area contributed by atoms with Crippen LogP contribution in [0.15, 0.2) is 39.5 Å². The number of rotatable bonds is 2. The van der Waals surface area contributed by atoms with Gasteiger partial charge in [-0.2, -0.15) is 0 Å². The van der Waals surface area contributed by atoms with E-state index in [4.69, 9.17) is 4.52 Å². The number of aryl methyl sites for hydroxylation is 1. The van der Waals surface area contributed by atoms with Crippen LogP contribution in [0, 0.1) is 0 Å². The molecule has 0 atom stereocenters. The molecule has 0 saturated heterocycles. The first kappa shape index (κ1) is 9.46. The minimum atomic E-state index is 0.729. The zero-order valence-electron chi connectivity index (χ0n) is 7.83. The average molecular weight is 252 g/mol. The Morgan fingerprint density at radius 2 is 2.00 bits per heavy atom. The summed E-state index contributed by atoms with van der Waals surface area (Å²) in [7, 11) is 0. The Morgan fingerprint density at radius 3 is 2.50 bits per heavy atom. The van der Waals surface area contributed by atoms with Crippen LogP contribution >= 0.6 is 15.9 Å². The summed E-state index contributed by atoms with van der Waals surface area (Å²) >= 11 is 3.25. The third-order valence-corrected chi connectivity index (χ3v) is 2.50. The standard InChI is InChI=1S/C11H10BrNO/c1-2-8-3-5-9(6-4-8)10-7-11(12)13-14-10/h3-7H,2H2,1H3. The molecule has 14 heavy (non-hydrogen) atoms. The lowest BCUT2D eigenvalue weighted by Crippen LogP contribution is -1.79. The quantitative estimate of drug-likeness (QED) is 0.815. The maximum atomic E-state index is 5.13.